The minimum absolute atomic E-state index is 0.754. The van der Waals surface area contributed by atoms with Crippen molar-refractivity contribution in [2.75, 3.05) is 36.9 Å². The molecule has 0 saturated carbocycles. The van der Waals surface area contributed by atoms with Gasteiger partial charge in [0.05, 0.1) is 18.7 Å². The average Bonchev–Trinajstić information content (AvgIpc) is 2.73. The van der Waals surface area contributed by atoms with Crippen LogP contribution in [0.3, 0.4) is 0 Å². The summed E-state index contributed by atoms with van der Waals surface area (Å²) in [5.74, 6) is 0.998. The van der Waals surface area contributed by atoms with Gasteiger partial charge >= 0.3 is 0 Å². The molecule has 0 spiro atoms. The van der Waals surface area contributed by atoms with Crippen LogP contribution in [0, 0.1) is 0 Å². The number of hydrogen-bond acceptors (Lipinski definition) is 4. The van der Waals surface area contributed by atoms with Crippen LogP contribution in [0.5, 0.6) is 0 Å². The number of nitrogen functional groups attached to an aromatic ring is 1. The van der Waals surface area contributed by atoms with E-state index in [1.54, 1.807) is 0 Å². The van der Waals surface area contributed by atoms with Crippen molar-refractivity contribution in [3.63, 3.8) is 0 Å². The molecule has 0 radical (unpaired) electrons. The zero-order chi connectivity index (χ0) is 11.0. The number of aromatic nitrogens is 2. The van der Waals surface area contributed by atoms with Crippen molar-refractivity contribution in [3.05, 3.63) is 18.2 Å². The number of nitrogens with one attached hydrogen (secondary N) is 1. The fourth-order valence-electron chi connectivity index (χ4n) is 2.04. The molecule has 2 aromatic rings. The lowest BCUT2D eigenvalue weighted by Gasteiger charge is -2.26. The van der Waals surface area contributed by atoms with Gasteiger partial charge in [0.15, 0.2) is 5.82 Å². The molecule has 16 heavy (non-hydrogen) atoms. The van der Waals surface area contributed by atoms with Gasteiger partial charge in [-0.2, -0.15) is 5.10 Å². The van der Waals surface area contributed by atoms with E-state index in [0.717, 1.165) is 48.7 Å². The molecule has 3 rings (SSSR count). The zero-order valence-corrected chi connectivity index (χ0v) is 8.94. The maximum Gasteiger partial charge on any atom is 0.158 e. The van der Waals surface area contributed by atoms with Gasteiger partial charge < -0.3 is 15.4 Å². The SMILES string of the molecule is Nc1ccc2c(N3CCOCC3)n[nH]c2c1. The van der Waals surface area contributed by atoms with Crippen molar-refractivity contribution >= 4 is 22.4 Å². The minimum atomic E-state index is 0.754. The van der Waals surface area contributed by atoms with E-state index in [9.17, 15) is 0 Å². The van der Waals surface area contributed by atoms with E-state index in [1.807, 2.05) is 18.2 Å². The number of anilines is 2. The topological polar surface area (TPSA) is 67.2 Å². The van der Waals surface area contributed by atoms with E-state index in [4.69, 9.17) is 10.5 Å². The van der Waals surface area contributed by atoms with E-state index in [1.165, 1.54) is 0 Å². The molecule has 84 valence electrons. The second kappa shape index (κ2) is 3.68. The number of ether oxygens (including phenoxy) is 1. The van der Waals surface area contributed by atoms with Gasteiger partial charge in [0.2, 0.25) is 0 Å². The third-order valence-electron chi connectivity index (χ3n) is 2.88. The fourth-order valence-corrected chi connectivity index (χ4v) is 2.04. The third-order valence-corrected chi connectivity index (χ3v) is 2.88. The first kappa shape index (κ1) is 9.47. The molecule has 0 amide bonds. The van der Waals surface area contributed by atoms with Crippen LogP contribution in [0.2, 0.25) is 0 Å². The van der Waals surface area contributed by atoms with Gasteiger partial charge in [-0.25, -0.2) is 0 Å². The first-order valence-electron chi connectivity index (χ1n) is 5.41. The lowest BCUT2D eigenvalue weighted by atomic mass is 10.2. The summed E-state index contributed by atoms with van der Waals surface area (Å²) in [5, 5.41) is 8.49. The molecule has 5 heteroatoms. The van der Waals surface area contributed by atoms with Crippen LogP contribution >= 0.6 is 0 Å². The second-order valence-electron chi connectivity index (χ2n) is 3.95. The van der Waals surface area contributed by atoms with Crippen LogP contribution in [-0.2, 0) is 4.74 Å². The molecule has 1 saturated heterocycles. The third kappa shape index (κ3) is 1.49. The molecule has 1 aliphatic rings. The van der Waals surface area contributed by atoms with E-state index < -0.39 is 0 Å². The number of rotatable bonds is 1. The highest BCUT2D eigenvalue weighted by atomic mass is 16.5. The van der Waals surface area contributed by atoms with Gasteiger partial charge in [-0.05, 0) is 18.2 Å². The van der Waals surface area contributed by atoms with Crippen LogP contribution in [0.15, 0.2) is 18.2 Å². The molecule has 2 heterocycles. The monoisotopic (exact) mass is 218 g/mol. The van der Waals surface area contributed by atoms with Gasteiger partial charge in [0.1, 0.15) is 0 Å². The van der Waals surface area contributed by atoms with Crippen molar-refractivity contribution in [3.8, 4) is 0 Å². The summed E-state index contributed by atoms with van der Waals surface area (Å²) in [7, 11) is 0. The van der Waals surface area contributed by atoms with E-state index >= 15 is 0 Å². The molecule has 1 aliphatic heterocycles. The maximum atomic E-state index is 5.73. The largest absolute Gasteiger partial charge is 0.399 e. The lowest BCUT2D eigenvalue weighted by Crippen LogP contribution is -2.36. The number of nitrogens with two attached hydrogens (primary N) is 1. The average molecular weight is 218 g/mol. The summed E-state index contributed by atoms with van der Waals surface area (Å²) in [6, 6.07) is 5.83. The Morgan fingerprint density at radius 2 is 2.12 bits per heavy atom. The smallest absolute Gasteiger partial charge is 0.158 e. The van der Waals surface area contributed by atoms with E-state index in [0.29, 0.717) is 0 Å². The molecule has 1 aromatic carbocycles. The molecular formula is C11H14N4O. The summed E-state index contributed by atoms with van der Waals surface area (Å²) >= 11 is 0. The van der Waals surface area contributed by atoms with Crippen LogP contribution in [-0.4, -0.2) is 36.5 Å². The van der Waals surface area contributed by atoms with Crippen LogP contribution in [0.4, 0.5) is 11.5 Å². The predicted octanol–water partition coefficient (Wildman–Crippen LogP) is 0.982. The van der Waals surface area contributed by atoms with Crippen LogP contribution in [0.1, 0.15) is 0 Å². The Hall–Kier alpha value is -1.75. The number of H-pyrrole nitrogens is 1. The molecule has 1 fully saturated rings. The summed E-state index contributed by atoms with van der Waals surface area (Å²) in [6.07, 6.45) is 0. The Balaban J connectivity index is 2.03. The van der Waals surface area contributed by atoms with Gasteiger partial charge in [0, 0.05) is 24.2 Å². The van der Waals surface area contributed by atoms with Gasteiger partial charge in [-0.3, -0.25) is 5.10 Å². The van der Waals surface area contributed by atoms with Crippen molar-refractivity contribution in [1.82, 2.24) is 10.2 Å². The Bertz CT molecular complexity index is 502. The number of morpholine rings is 1. The van der Waals surface area contributed by atoms with E-state index in [-0.39, 0.29) is 0 Å². The van der Waals surface area contributed by atoms with Crippen molar-refractivity contribution < 1.29 is 4.74 Å². The maximum absolute atomic E-state index is 5.73. The lowest BCUT2D eigenvalue weighted by molar-refractivity contribution is 0.122. The van der Waals surface area contributed by atoms with Crippen LogP contribution in [0.25, 0.3) is 10.9 Å². The molecular weight excluding hydrogens is 204 g/mol. The second-order valence-corrected chi connectivity index (χ2v) is 3.95. The number of benzene rings is 1. The highest BCUT2D eigenvalue weighted by molar-refractivity contribution is 5.92. The Labute approximate surface area is 93.2 Å². The minimum Gasteiger partial charge on any atom is -0.399 e. The standard InChI is InChI=1S/C11H14N4O/c12-8-1-2-9-10(7-8)13-14-11(9)15-3-5-16-6-4-15/h1-2,7H,3-6,12H2,(H,13,14). The van der Waals surface area contributed by atoms with Crippen molar-refractivity contribution in [2.24, 2.45) is 0 Å². The number of nitrogens with zero attached hydrogens (tertiary/aromatic N) is 2. The first-order valence-corrected chi connectivity index (χ1v) is 5.41. The summed E-state index contributed by atoms with van der Waals surface area (Å²) in [5.41, 5.74) is 7.47. The summed E-state index contributed by atoms with van der Waals surface area (Å²) in [6.45, 7) is 3.32. The molecule has 0 atom stereocenters. The molecule has 0 unspecified atom stereocenters. The number of aromatic amines is 1. The van der Waals surface area contributed by atoms with Crippen LogP contribution < -0.4 is 10.6 Å². The Morgan fingerprint density at radius 1 is 1.31 bits per heavy atom. The Morgan fingerprint density at radius 3 is 2.94 bits per heavy atom. The quantitative estimate of drug-likeness (QED) is 0.700. The summed E-state index contributed by atoms with van der Waals surface area (Å²) < 4.78 is 5.33. The van der Waals surface area contributed by atoms with Gasteiger partial charge in [-0.15, -0.1) is 0 Å². The van der Waals surface area contributed by atoms with Gasteiger partial charge in [0.25, 0.3) is 0 Å². The Kier molecular flexibility index (Phi) is 2.18. The van der Waals surface area contributed by atoms with Crippen molar-refractivity contribution in [1.29, 1.82) is 0 Å². The molecule has 5 nitrogen and oxygen atoms in total. The zero-order valence-electron chi connectivity index (χ0n) is 8.94. The van der Waals surface area contributed by atoms with Gasteiger partial charge in [-0.1, -0.05) is 0 Å². The highest BCUT2D eigenvalue weighted by Gasteiger charge is 2.16. The molecule has 0 bridgehead atoms. The summed E-state index contributed by atoms with van der Waals surface area (Å²) in [4.78, 5) is 2.23. The normalized spacial score (nSPS) is 16.9. The number of hydrogen-bond donors (Lipinski definition) is 2. The van der Waals surface area contributed by atoms with Crippen molar-refractivity contribution in [2.45, 2.75) is 0 Å². The fraction of sp³-hybridized carbons (Fsp3) is 0.364. The molecule has 3 N–H and O–H groups in total. The highest BCUT2D eigenvalue weighted by Crippen LogP contribution is 2.25. The molecule has 1 aromatic heterocycles. The van der Waals surface area contributed by atoms with E-state index in [2.05, 4.69) is 15.1 Å². The number of fused-ring (bicyclic) bond motifs is 1. The predicted molar refractivity (Wildman–Crippen MR) is 63.5 cm³/mol. The molecule has 0 aliphatic carbocycles. The first-order chi connectivity index (χ1) is 7.84.